The number of amides is 1. The zero-order chi connectivity index (χ0) is 26.5. The third-order valence-electron chi connectivity index (χ3n) is 4.33. The van der Waals surface area contributed by atoms with Crippen LogP contribution in [0.5, 0.6) is 0 Å². The van der Waals surface area contributed by atoms with Crippen molar-refractivity contribution in [2.45, 2.75) is 37.9 Å². The van der Waals surface area contributed by atoms with E-state index in [2.05, 4.69) is 15.6 Å². The highest BCUT2D eigenvalue weighted by Crippen LogP contribution is 2.19. The van der Waals surface area contributed by atoms with Crippen LogP contribution in [0.15, 0.2) is 36.4 Å². The van der Waals surface area contributed by atoms with Crippen LogP contribution < -0.4 is 16.4 Å². The van der Waals surface area contributed by atoms with Gasteiger partial charge in [-0.15, -0.1) is 0 Å². The summed E-state index contributed by atoms with van der Waals surface area (Å²) in [5.41, 5.74) is 7.08. The number of rotatable bonds is 10. The number of ether oxygens (including phenoxy) is 1. The van der Waals surface area contributed by atoms with Crippen molar-refractivity contribution in [1.29, 1.82) is 0 Å². The molecule has 0 bridgehead atoms. The Hall–Kier alpha value is -3.56. The summed E-state index contributed by atoms with van der Waals surface area (Å²) in [7, 11) is 0. The molecule has 10 N–H and O–H groups in total. The zero-order valence-electron chi connectivity index (χ0n) is 18.7. The van der Waals surface area contributed by atoms with Gasteiger partial charge in [0.15, 0.2) is 6.10 Å². The molecule has 13 nitrogen and oxygen atoms in total. The molecule has 4 atom stereocenters. The van der Waals surface area contributed by atoms with Crippen molar-refractivity contribution in [2.75, 3.05) is 29.6 Å². The lowest BCUT2D eigenvalue weighted by molar-refractivity contribution is -0.164. The second-order valence-electron chi connectivity index (χ2n) is 6.97. The number of hydrogen-bond acceptors (Lipinski definition) is 11. The molecule has 1 amide bonds. The first-order valence-electron chi connectivity index (χ1n) is 10.2. The van der Waals surface area contributed by atoms with Crippen LogP contribution in [-0.4, -0.2) is 85.3 Å². The topological polar surface area (TPSA) is 228 Å². The molecule has 0 aliphatic heterocycles. The van der Waals surface area contributed by atoms with Gasteiger partial charge in [-0.1, -0.05) is 12.1 Å². The Morgan fingerprint density at radius 2 is 1.71 bits per heavy atom. The molecule has 1 heterocycles. The van der Waals surface area contributed by atoms with E-state index in [9.17, 15) is 14.0 Å². The maximum absolute atomic E-state index is 12.8. The monoisotopic (exact) mass is 500 g/mol. The SMILES string of the molecule is CCOC(=O)Nc1ccc(NCc2ccc(F)cc2)nc1N.O=C(O)[C@H](O)[C@H](O)[C@H](O)[C@@H](O)CO. The Morgan fingerprint density at radius 1 is 1.09 bits per heavy atom. The van der Waals surface area contributed by atoms with Crippen LogP contribution in [-0.2, 0) is 16.1 Å². The largest absolute Gasteiger partial charge is 0.479 e. The molecule has 2 rings (SSSR count). The van der Waals surface area contributed by atoms with Crippen molar-refractivity contribution in [2.24, 2.45) is 0 Å². The van der Waals surface area contributed by atoms with E-state index < -0.39 is 43.1 Å². The highest BCUT2D eigenvalue weighted by atomic mass is 19.1. The van der Waals surface area contributed by atoms with Crippen molar-refractivity contribution >= 4 is 29.4 Å². The Morgan fingerprint density at radius 3 is 2.23 bits per heavy atom. The predicted octanol–water partition coefficient (Wildman–Crippen LogP) is -0.510. The Bertz CT molecular complexity index is 949. The van der Waals surface area contributed by atoms with Crippen LogP contribution in [0, 0.1) is 5.82 Å². The van der Waals surface area contributed by atoms with Crippen LogP contribution in [0.3, 0.4) is 0 Å². The second kappa shape index (κ2) is 14.6. The van der Waals surface area contributed by atoms with Crippen LogP contribution in [0.4, 0.5) is 26.5 Å². The van der Waals surface area contributed by atoms with Gasteiger partial charge in [0, 0.05) is 6.54 Å². The molecule has 0 spiro atoms. The molecule has 35 heavy (non-hydrogen) atoms. The van der Waals surface area contributed by atoms with E-state index >= 15 is 0 Å². The van der Waals surface area contributed by atoms with Crippen molar-refractivity contribution in [3.63, 3.8) is 0 Å². The average molecular weight is 500 g/mol. The number of nitrogens with one attached hydrogen (secondary N) is 2. The quantitative estimate of drug-likeness (QED) is 0.201. The first-order chi connectivity index (χ1) is 16.5. The summed E-state index contributed by atoms with van der Waals surface area (Å²) in [6, 6.07) is 9.47. The molecule has 2 aromatic rings. The molecule has 0 aliphatic rings. The fourth-order valence-electron chi connectivity index (χ4n) is 2.42. The lowest BCUT2D eigenvalue weighted by Gasteiger charge is -2.23. The van der Waals surface area contributed by atoms with Crippen molar-refractivity contribution in [3.8, 4) is 0 Å². The van der Waals surface area contributed by atoms with Gasteiger partial charge in [0.25, 0.3) is 0 Å². The summed E-state index contributed by atoms with van der Waals surface area (Å²) in [5, 5.41) is 57.4. The van der Waals surface area contributed by atoms with Gasteiger partial charge in [0.2, 0.25) is 0 Å². The number of pyridine rings is 1. The molecule has 0 saturated heterocycles. The molecule has 14 heteroatoms. The zero-order valence-corrected chi connectivity index (χ0v) is 18.7. The Balaban J connectivity index is 0.000000405. The van der Waals surface area contributed by atoms with Gasteiger partial charge in [0.1, 0.15) is 35.8 Å². The van der Waals surface area contributed by atoms with Gasteiger partial charge >= 0.3 is 12.1 Å². The molecular weight excluding hydrogens is 471 g/mol. The molecule has 0 fully saturated rings. The number of anilines is 3. The third-order valence-corrected chi connectivity index (χ3v) is 4.33. The smallest absolute Gasteiger partial charge is 0.411 e. The van der Waals surface area contributed by atoms with Gasteiger partial charge in [0.05, 0.1) is 18.9 Å². The number of nitrogen functional groups attached to an aromatic ring is 1. The molecule has 194 valence electrons. The first kappa shape index (κ1) is 29.5. The highest BCUT2D eigenvalue weighted by Gasteiger charge is 2.33. The lowest BCUT2D eigenvalue weighted by atomic mass is 10.0. The number of carboxylic acids is 1. The number of carboxylic acid groups (broad SMARTS) is 1. The standard InChI is InChI=1S/C15H17FN4O2.C6H12O7/c1-2-22-15(21)19-12-7-8-13(20-14(12)17)18-9-10-3-5-11(16)6-4-10;7-1-2(8)3(9)4(10)5(11)6(12)13/h3-8H,2,9H2,1H3,(H,19,21)(H3,17,18,20);2-5,7-11H,1H2,(H,12,13)/t;2-,3+,4+,5+/m.0/s1. The van der Waals surface area contributed by atoms with Crippen molar-refractivity contribution in [1.82, 2.24) is 4.98 Å². The molecule has 1 aromatic heterocycles. The fraction of sp³-hybridized carbons (Fsp3) is 0.381. The van der Waals surface area contributed by atoms with E-state index in [1.54, 1.807) is 31.2 Å². The molecule has 1 aromatic carbocycles. The number of benzene rings is 1. The number of hydrogen-bond donors (Lipinski definition) is 9. The summed E-state index contributed by atoms with van der Waals surface area (Å²) in [4.78, 5) is 25.6. The Labute approximate surface area is 199 Å². The number of carbonyl (C=O) groups is 2. The summed E-state index contributed by atoms with van der Waals surface area (Å²) < 4.78 is 17.6. The first-order valence-corrected chi connectivity index (χ1v) is 10.2. The van der Waals surface area contributed by atoms with Crippen LogP contribution >= 0.6 is 0 Å². The predicted molar refractivity (Wildman–Crippen MR) is 122 cm³/mol. The minimum Gasteiger partial charge on any atom is -0.479 e. The number of nitrogens with two attached hydrogens (primary N) is 1. The van der Waals surface area contributed by atoms with E-state index in [-0.39, 0.29) is 18.2 Å². The summed E-state index contributed by atoms with van der Waals surface area (Å²) >= 11 is 0. The minimum atomic E-state index is -2.20. The summed E-state index contributed by atoms with van der Waals surface area (Å²) in [6.07, 6.45) is -8.42. The van der Waals surface area contributed by atoms with E-state index in [0.717, 1.165) is 5.56 Å². The molecule has 0 aliphatic carbocycles. The van der Waals surface area contributed by atoms with Crippen LogP contribution in [0.2, 0.25) is 0 Å². The van der Waals surface area contributed by atoms with E-state index in [1.807, 2.05) is 0 Å². The van der Waals surface area contributed by atoms with Gasteiger partial charge in [-0.05, 0) is 36.8 Å². The second-order valence-corrected chi connectivity index (χ2v) is 6.97. The number of carbonyl (C=O) groups excluding carboxylic acids is 1. The average Bonchev–Trinajstić information content (AvgIpc) is 2.83. The van der Waals surface area contributed by atoms with Gasteiger partial charge in [-0.2, -0.15) is 0 Å². The minimum absolute atomic E-state index is 0.178. The van der Waals surface area contributed by atoms with Crippen LogP contribution in [0.25, 0.3) is 0 Å². The highest BCUT2D eigenvalue weighted by molar-refractivity contribution is 5.88. The molecule has 0 saturated carbocycles. The maximum atomic E-state index is 12.8. The molecule has 0 unspecified atom stereocenters. The number of halogens is 1. The summed E-state index contributed by atoms with van der Waals surface area (Å²) in [6.45, 7) is 1.63. The number of aliphatic hydroxyl groups excluding tert-OH is 5. The van der Waals surface area contributed by atoms with Crippen molar-refractivity contribution < 1.29 is 49.4 Å². The molecular formula is C21H29FN4O9. The number of aromatic nitrogens is 1. The number of aliphatic hydroxyl groups is 5. The maximum Gasteiger partial charge on any atom is 0.411 e. The Kier molecular flexibility index (Phi) is 12.3. The third kappa shape index (κ3) is 10.1. The normalized spacial score (nSPS) is 13.9. The van der Waals surface area contributed by atoms with Crippen molar-refractivity contribution in [3.05, 3.63) is 47.8 Å². The van der Waals surface area contributed by atoms with Gasteiger partial charge in [-0.3, -0.25) is 5.32 Å². The van der Waals surface area contributed by atoms with E-state index in [0.29, 0.717) is 18.1 Å². The lowest BCUT2D eigenvalue weighted by Crippen LogP contribution is -2.48. The van der Waals surface area contributed by atoms with E-state index in [1.165, 1.54) is 12.1 Å². The molecule has 0 radical (unpaired) electrons. The van der Waals surface area contributed by atoms with E-state index in [4.69, 9.17) is 41.1 Å². The van der Waals surface area contributed by atoms with Gasteiger partial charge in [-0.25, -0.2) is 19.0 Å². The summed E-state index contributed by atoms with van der Waals surface area (Å²) in [5.74, 6) is -1.27. The number of aliphatic carboxylic acids is 1. The number of nitrogens with zero attached hydrogens (tertiary/aromatic N) is 1. The van der Waals surface area contributed by atoms with Gasteiger partial charge < -0.3 is 46.4 Å². The van der Waals surface area contributed by atoms with Crippen LogP contribution in [0.1, 0.15) is 12.5 Å². The fourth-order valence-corrected chi connectivity index (χ4v) is 2.42.